The van der Waals surface area contributed by atoms with Crippen LogP contribution in [0.15, 0.2) is 24.9 Å². The molecule has 0 bridgehead atoms. The topological polar surface area (TPSA) is 63.6 Å². The molecule has 0 unspecified atom stereocenters. The number of H-pyrrole nitrogens is 1. The molecule has 0 amide bonds. The molecular weight excluding hydrogens is 168 g/mol. The van der Waals surface area contributed by atoms with Crippen LogP contribution in [0.2, 0.25) is 0 Å². The van der Waals surface area contributed by atoms with Gasteiger partial charge in [0, 0.05) is 12.4 Å². The Morgan fingerprint density at radius 1 is 1.62 bits per heavy atom. The molecule has 0 aliphatic heterocycles. The predicted molar refractivity (Wildman–Crippen MR) is 45.3 cm³/mol. The van der Waals surface area contributed by atoms with Gasteiger partial charge >= 0.3 is 0 Å². The third kappa shape index (κ3) is 1.35. The predicted octanol–water partition coefficient (Wildman–Crippen LogP) is 0.603. The van der Waals surface area contributed by atoms with E-state index in [9.17, 15) is 4.79 Å². The van der Waals surface area contributed by atoms with Crippen LogP contribution in [0.4, 0.5) is 0 Å². The highest BCUT2D eigenvalue weighted by molar-refractivity contribution is 5.93. The molecule has 0 saturated heterocycles. The number of hydrogen-bond acceptors (Lipinski definition) is 3. The van der Waals surface area contributed by atoms with Gasteiger partial charge in [-0.05, 0) is 6.92 Å². The van der Waals surface area contributed by atoms with Crippen LogP contribution >= 0.6 is 0 Å². The molecular formula is C8H8N4O. The molecule has 5 heteroatoms. The Kier molecular flexibility index (Phi) is 1.70. The van der Waals surface area contributed by atoms with E-state index in [4.69, 9.17) is 0 Å². The maximum absolute atomic E-state index is 11.6. The van der Waals surface area contributed by atoms with Crippen LogP contribution in [-0.4, -0.2) is 25.4 Å². The zero-order valence-corrected chi connectivity index (χ0v) is 7.06. The van der Waals surface area contributed by atoms with Crippen LogP contribution in [0.3, 0.4) is 0 Å². The van der Waals surface area contributed by atoms with Crippen LogP contribution in [-0.2, 0) is 0 Å². The number of aryl methyl sites for hydroxylation is 1. The minimum atomic E-state index is -0.155. The standard InChI is InChI=1S/C8H8N4O/c1-6-10-4-7(11-6)8(13)12-3-2-9-5-12/h2-5H,1H3,(H,10,11). The molecule has 2 rings (SSSR count). The Morgan fingerprint density at radius 3 is 3.00 bits per heavy atom. The third-order valence-electron chi connectivity index (χ3n) is 1.67. The van der Waals surface area contributed by atoms with Crippen LogP contribution in [0.5, 0.6) is 0 Å². The van der Waals surface area contributed by atoms with Crippen molar-refractivity contribution in [3.05, 3.63) is 36.4 Å². The van der Waals surface area contributed by atoms with Crippen molar-refractivity contribution in [3.8, 4) is 0 Å². The Labute approximate surface area is 74.4 Å². The molecule has 13 heavy (non-hydrogen) atoms. The van der Waals surface area contributed by atoms with Gasteiger partial charge in [-0.3, -0.25) is 9.36 Å². The number of rotatable bonds is 1. The van der Waals surface area contributed by atoms with Gasteiger partial charge in [0.05, 0.1) is 6.20 Å². The summed E-state index contributed by atoms with van der Waals surface area (Å²) in [6, 6.07) is 0. The first-order chi connectivity index (χ1) is 6.27. The first-order valence-corrected chi connectivity index (χ1v) is 3.81. The van der Waals surface area contributed by atoms with Gasteiger partial charge in [-0.15, -0.1) is 0 Å². The zero-order valence-electron chi connectivity index (χ0n) is 7.06. The van der Waals surface area contributed by atoms with Crippen molar-refractivity contribution < 1.29 is 4.79 Å². The van der Waals surface area contributed by atoms with E-state index in [1.807, 2.05) is 0 Å². The minimum Gasteiger partial charge on any atom is -0.338 e. The number of nitrogens with zero attached hydrogens (tertiary/aromatic N) is 3. The molecule has 1 N–H and O–H groups in total. The van der Waals surface area contributed by atoms with Crippen LogP contribution in [0, 0.1) is 6.92 Å². The smallest absolute Gasteiger partial charge is 0.281 e. The van der Waals surface area contributed by atoms with E-state index in [1.54, 1.807) is 19.3 Å². The lowest BCUT2D eigenvalue weighted by Crippen LogP contribution is -2.09. The van der Waals surface area contributed by atoms with Gasteiger partial charge < -0.3 is 4.98 Å². The zero-order chi connectivity index (χ0) is 9.26. The lowest BCUT2D eigenvalue weighted by molar-refractivity contribution is 0.0955. The van der Waals surface area contributed by atoms with E-state index in [0.717, 1.165) is 5.82 Å². The highest BCUT2D eigenvalue weighted by Crippen LogP contribution is 1.99. The quantitative estimate of drug-likeness (QED) is 0.692. The van der Waals surface area contributed by atoms with Crippen LogP contribution < -0.4 is 0 Å². The largest absolute Gasteiger partial charge is 0.338 e. The van der Waals surface area contributed by atoms with Crippen molar-refractivity contribution in [3.63, 3.8) is 0 Å². The van der Waals surface area contributed by atoms with Gasteiger partial charge in [-0.1, -0.05) is 0 Å². The molecule has 5 nitrogen and oxygen atoms in total. The first kappa shape index (κ1) is 7.72. The summed E-state index contributed by atoms with van der Waals surface area (Å²) in [5.74, 6) is 0.571. The van der Waals surface area contributed by atoms with Gasteiger partial charge in [0.15, 0.2) is 0 Å². The summed E-state index contributed by atoms with van der Waals surface area (Å²) in [6.07, 6.45) is 6.12. The number of carbonyl (C=O) groups excluding carboxylic acids is 1. The maximum Gasteiger partial charge on any atom is 0.281 e. The van der Waals surface area contributed by atoms with Gasteiger partial charge in [0.1, 0.15) is 17.8 Å². The fourth-order valence-electron chi connectivity index (χ4n) is 1.05. The summed E-state index contributed by atoms with van der Waals surface area (Å²) >= 11 is 0. The van der Waals surface area contributed by atoms with E-state index in [2.05, 4.69) is 15.0 Å². The molecule has 0 aliphatic rings. The van der Waals surface area contributed by atoms with Crippen molar-refractivity contribution in [2.24, 2.45) is 0 Å². The van der Waals surface area contributed by atoms with Gasteiger partial charge in [-0.2, -0.15) is 0 Å². The van der Waals surface area contributed by atoms with Crippen LogP contribution in [0.1, 0.15) is 16.3 Å². The summed E-state index contributed by atoms with van der Waals surface area (Å²) in [4.78, 5) is 22.1. The maximum atomic E-state index is 11.6. The lowest BCUT2D eigenvalue weighted by atomic mass is 10.4. The molecule has 66 valence electrons. The summed E-state index contributed by atoms with van der Waals surface area (Å²) in [5, 5.41) is 0. The summed E-state index contributed by atoms with van der Waals surface area (Å²) in [5.41, 5.74) is 0.468. The average Bonchev–Trinajstić information content (AvgIpc) is 2.72. The number of imidazole rings is 2. The SMILES string of the molecule is Cc1ncc(C(=O)n2ccnc2)[nH]1. The number of aromatic nitrogens is 4. The van der Waals surface area contributed by atoms with Gasteiger partial charge in [0.2, 0.25) is 0 Å². The Bertz CT molecular complexity index is 415. The first-order valence-electron chi connectivity index (χ1n) is 3.81. The van der Waals surface area contributed by atoms with Crippen molar-refractivity contribution in [2.75, 3.05) is 0 Å². The van der Waals surface area contributed by atoms with Crippen molar-refractivity contribution in [1.82, 2.24) is 19.5 Å². The highest BCUT2D eigenvalue weighted by Gasteiger charge is 2.09. The molecule has 2 aromatic rings. The monoisotopic (exact) mass is 176 g/mol. The molecule has 2 aromatic heterocycles. The lowest BCUT2D eigenvalue weighted by Gasteiger charge is -1.95. The van der Waals surface area contributed by atoms with E-state index >= 15 is 0 Å². The van der Waals surface area contributed by atoms with E-state index in [0.29, 0.717) is 5.69 Å². The Hall–Kier alpha value is -1.91. The number of carbonyl (C=O) groups is 1. The number of hydrogen-bond donors (Lipinski definition) is 1. The second kappa shape index (κ2) is 2.85. The average molecular weight is 176 g/mol. The van der Waals surface area contributed by atoms with Gasteiger partial charge in [0.25, 0.3) is 5.91 Å². The fourth-order valence-corrected chi connectivity index (χ4v) is 1.05. The van der Waals surface area contributed by atoms with E-state index in [-0.39, 0.29) is 5.91 Å². The number of nitrogens with one attached hydrogen (secondary N) is 1. The summed E-state index contributed by atoms with van der Waals surface area (Å²) in [7, 11) is 0. The Balaban J connectivity index is 2.33. The molecule has 2 heterocycles. The Morgan fingerprint density at radius 2 is 2.46 bits per heavy atom. The summed E-state index contributed by atoms with van der Waals surface area (Å²) in [6.45, 7) is 1.80. The second-order valence-electron chi connectivity index (χ2n) is 2.66. The van der Waals surface area contributed by atoms with Crippen molar-refractivity contribution >= 4 is 5.91 Å². The molecule has 0 aromatic carbocycles. The van der Waals surface area contributed by atoms with E-state index in [1.165, 1.54) is 17.1 Å². The van der Waals surface area contributed by atoms with Crippen LogP contribution in [0.25, 0.3) is 0 Å². The molecule has 0 radical (unpaired) electrons. The molecule has 0 spiro atoms. The second-order valence-corrected chi connectivity index (χ2v) is 2.66. The summed E-state index contributed by atoms with van der Waals surface area (Å²) < 4.78 is 1.40. The molecule has 0 saturated carbocycles. The molecule has 0 fully saturated rings. The van der Waals surface area contributed by atoms with Crippen molar-refractivity contribution in [2.45, 2.75) is 6.92 Å². The minimum absolute atomic E-state index is 0.155. The van der Waals surface area contributed by atoms with Gasteiger partial charge in [-0.25, -0.2) is 9.97 Å². The molecule has 0 aliphatic carbocycles. The van der Waals surface area contributed by atoms with E-state index < -0.39 is 0 Å². The number of aromatic amines is 1. The van der Waals surface area contributed by atoms with Crippen molar-refractivity contribution in [1.29, 1.82) is 0 Å². The highest BCUT2D eigenvalue weighted by atomic mass is 16.2. The fraction of sp³-hybridized carbons (Fsp3) is 0.125. The third-order valence-corrected chi connectivity index (χ3v) is 1.67. The normalized spacial score (nSPS) is 10.2. The molecule has 0 atom stereocenters.